The molecule has 1 heteroatoms. The summed E-state index contributed by atoms with van der Waals surface area (Å²) in [6.45, 7) is 6.59. The zero-order valence-corrected chi connectivity index (χ0v) is 8.55. The van der Waals surface area contributed by atoms with Crippen LogP contribution in [0.3, 0.4) is 0 Å². The quantitative estimate of drug-likeness (QED) is 0.659. The van der Waals surface area contributed by atoms with Crippen molar-refractivity contribution < 1.29 is 5.11 Å². The van der Waals surface area contributed by atoms with Gasteiger partial charge in [-0.05, 0) is 44.9 Å². The second kappa shape index (κ2) is 5.23. The van der Waals surface area contributed by atoms with Crippen molar-refractivity contribution in [3.8, 4) is 0 Å². The lowest BCUT2D eigenvalue weighted by molar-refractivity contribution is 0.286. The summed E-state index contributed by atoms with van der Waals surface area (Å²) in [5.74, 6) is 0.676. The fraction of sp³-hybridized carbons (Fsp3) is 0.667. The van der Waals surface area contributed by atoms with E-state index in [1.54, 1.807) is 0 Å². The number of allylic oxidation sites excluding steroid dienone is 3. The first-order valence-electron chi connectivity index (χ1n) is 5.18. The Bertz CT molecular complexity index is 203. The highest BCUT2D eigenvalue weighted by Crippen LogP contribution is 2.29. The Labute approximate surface area is 81.2 Å². The Morgan fingerprint density at radius 1 is 1.69 bits per heavy atom. The zero-order chi connectivity index (χ0) is 9.68. The van der Waals surface area contributed by atoms with Crippen molar-refractivity contribution in [1.29, 1.82) is 0 Å². The van der Waals surface area contributed by atoms with Crippen LogP contribution in [0.1, 0.15) is 39.0 Å². The van der Waals surface area contributed by atoms with Gasteiger partial charge < -0.3 is 5.11 Å². The van der Waals surface area contributed by atoms with Crippen LogP contribution >= 0.6 is 0 Å². The minimum atomic E-state index is 0.292. The first-order chi connectivity index (χ1) is 6.24. The Morgan fingerprint density at radius 2 is 2.46 bits per heavy atom. The second-order valence-electron chi connectivity index (χ2n) is 4.01. The molecule has 0 radical (unpaired) electrons. The van der Waals surface area contributed by atoms with Gasteiger partial charge in [0.1, 0.15) is 0 Å². The lowest BCUT2D eigenvalue weighted by Gasteiger charge is -2.22. The van der Waals surface area contributed by atoms with E-state index in [2.05, 4.69) is 19.6 Å². The van der Waals surface area contributed by atoms with E-state index in [0.29, 0.717) is 12.5 Å². The van der Waals surface area contributed by atoms with Crippen molar-refractivity contribution in [1.82, 2.24) is 0 Å². The van der Waals surface area contributed by atoms with E-state index in [1.165, 1.54) is 24.0 Å². The van der Waals surface area contributed by atoms with Gasteiger partial charge in [0.15, 0.2) is 0 Å². The molecular formula is C12H20O. The van der Waals surface area contributed by atoms with Gasteiger partial charge in [-0.3, -0.25) is 0 Å². The Morgan fingerprint density at radius 3 is 3.00 bits per heavy atom. The van der Waals surface area contributed by atoms with Gasteiger partial charge >= 0.3 is 0 Å². The zero-order valence-electron chi connectivity index (χ0n) is 8.55. The normalized spacial score (nSPS) is 22.6. The number of hydrogen-bond acceptors (Lipinski definition) is 1. The minimum Gasteiger partial charge on any atom is -0.396 e. The Balaban J connectivity index is 2.32. The molecule has 0 heterocycles. The number of rotatable bonds is 4. The predicted molar refractivity (Wildman–Crippen MR) is 56.6 cm³/mol. The molecule has 1 unspecified atom stereocenters. The van der Waals surface area contributed by atoms with E-state index in [-0.39, 0.29) is 0 Å². The smallest absolute Gasteiger partial charge is 0.0434 e. The van der Waals surface area contributed by atoms with E-state index in [1.807, 2.05) is 0 Å². The van der Waals surface area contributed by atoms with Crippen molar-refractivity contribution >= 4 is 0 Å². The monoisotopic (exact) mass is 180 g/mol. The van der Waals surface area contributed by atoms with Crippen molar-refractivity contribution in [2.24, 2.45) is 5.92 Å². The molecule has 0 aliphatic heterocycles. The van der Waals surface area contributed by atoms with E-state index in [4.69, 9.17) is 5.11 Å². The number of aliphatic hydroxyl groups is 1. The predicted octanol–water partition coefficient (Wildman–Crippen LogP) is 3.06. The molecule has 1 atom stereocenters. The van der Waals surface area contributed by atoms with Gasteiger partial charge in [-0.1, -0.05) is 23.8 Å². The molecule has 0 aromatic rings. The molecule has 0 spiro atoms. The highest BCUT2D eigenvalue weighted by Gasteiger charge is 2.14. The van der Waals surface area contributed by atoms with Gasteiger partial charge in [0.25, 0.3) is 0 Å². The van der Waals surface area contributed by atoms with E-state index >= 15 is 0 Å². The second-order valence-corrected chi connectivity index (χ2v) is 4.01. The summed E-state index contributed by atoms with van der Waals surface area (Å²) in [4.78, 5) is 0. The first kappa shape index (κ1) is 10.5. The topological polar surface area (TPSA) is 20.2 Å². The highest BCUT2D eigenvalue weighted by molar-refractivity contribution is 5.11. The Hall–Kier alpha value is -0.560. The molecule has 74 valence electrons. The summed E-state index contributed by atoms with van der Waals surface area (Å²) in [5, 5.41) is 8.70. The van der Waals surface area contributed by atoms with Crippen molar-refractivity contribution in [2.45, 2.75) is 39.0 Å². The average molecular weight is 180 g/mol. The first-order valence-corrected chi connectivity index (χ1v) is 5.18. The van der Waals surface area contributed by atoms with Gasteiger partial charge in [-0.25, -0.2) is 0 Å². The molecule has 0 saturated heterocycles. The maximum Gasteiger partial charge on any atom is 0.0434 e. The molecule has 1 aliphatic carbocycles. The molecule has 0 aromatic carbocycles. The van der Waals surface area contributed by atoms with E-state index in [0.717, 1.165) is 19.3 Å². The molecule has 1 nitrogen and oxygen atoms in total. The maximum absolute atomic E-state index is 8.70. The summed E-state index contributed by atoms with van der Waals surface area (Å²) in [7, 11) is 0. The molecule has 0 saturated carbocycles. The van der Waals surface area contributed by atoms with Gasteiger partial charge in [0.2, 0.25) is 0 Å². The summed E-state index contributed by atoms with van der Waals surface area (Å²) in [5.41, 5.74) is 2.85. The SMILES string of the molecule is C=C(CCCO)C1CC=C(C)CC1. The summed E-state index contributed by atoms with van der Waals surface area (Å²) in [6, 6.07) is 0. The van der Waals surface area contributed by atoms with Crippen molar-refractivity contribution in [2.75, 3.05) is 6.61 Å². The van der Waals surface area contributed by atoms with Crippen LogP contribution in [0.4, 0.5) is 0 Å². The fourth-order valence-electron chi connectivity index (χ4n) is 1.85. The standard InChI is InChI=1S/C12H20O/c1-10-5-7-12(8-6-10)11(2)4-3-9-13/h5,12-13H,2-4,6-9H2,1H3. The molecular weight excluding hydrogens is 160 g/mol. The van der Waals surface area contributed by atoms with Crippen LogP contribution in [0, 0.1) is 5.92 Å². The summed E-state index contributed by atoms with van der Waals surface area (Å²) >= 11 is 0. The van der Waals surface area contributed by atoms with Crippen LogP contribution in [0.2, 0.25) is 0 Å². The third-order valence-electron chi connectivity index (χ3n) is 2.87. The minimum absolute atomic E-state index is 0.292. The maximum atomic E-state index is 8.70. The van der Waals surface area contributed by atoms with Crippen molar-refractivity contribution in [3.63, 3.8) is 0 Å². The average Bonchev–Trinajstić information content (AvgIpc) is 2.15. The molecule has 1 aliphatic rings. The van der Waals surface area contributed by atoms with Crippen LogP contribution in [-0.2, 0) is 0 Å². The summed E-state index contributed by atoms with van der Waals surface area (Å²) < 4.78 is 0. The van der Waals surface area contributed by atoms with E-state index < -0.39 is 0 Å². The van der Waals surface area contributed by atoms with Gasteiger partial charge in [-0.2, -0.15) is 0 Å². The molecule has 0 fully saturated rings. The molecule has 0 bridgehead atoms. The number of aliphatic hydroxyl groups excluding tert-OH is 1. The van der Waals surface area contributed by atoms with Crippen LogP contribution in [-0.4, -0.2) is 11.7 Å². The molecule has 1 rings (SSSR count). The fourth-order valence-corrected chi connectivity index (χ4v) is 1.85. The van der Waals surface area contributed by atoms with Crippen LogP contribution in [0.5, 0.6) is 0 Å². The lowest BCUT2D eigenvalue weighted by atomic mass is 9.84. The van der Waals surface area contributed by atoms with Crippen LogP contribution < -0.4 is 0 Å². The lowest BCUT2D eigenvalue weighted by Crippen LogP contribution is -2.07. The van der Waals surface area contributed by atoms with Crippen LogP contribution in [0.25, 0.3) is 0 Å². The van der Waals surface area contributed by atoms with Gasteiger partial charge in [0.05, 0.1) is 0 Å². The molecule has 0 aromatic heterocycles. The van der Waals surface area contributed by atoms with Crippen LogP contribution in [0.15, 0.2) is 23.8 Å². The van der Waals surface area contributed by atoms with Crippen molar-refractivity contribution in [3.05, 3.63) is 23.8 Å². The summed E-state index contributed by atoms with van der Waals surface area (Å²) in [6.07, 6.45) is 7.84. The van der Waals surface area contributed by atoms with E-state index in [9.17, 15) is 0 Å². The number of hydrogen-bond donors (Lipinski definition) is 1. The van der Waals surface area contributed by atoms with Gasteiger partial charge in [0, 0.05) is 6.61 Å². The largest absolute Gasteiger partial charge is 0.396 e. The molecule has 1 N–H and O–H groups in total. The Kier molecular flexibility index (Phi) is 4.23. The molecule has 13 heavy (non-hydrogen) atoms. The third-order valence-corrected chi connectivity index (χ3v) is 2.87. The molecule has 0 amide bonds. The van der Waals surface area contributed by atoms with Gasteiger partial charge in [-0.15, -0.1) is 0 Å². The third kappa shape index (κ3) is 3.35. The highest BCUT2D eigenvalue weighted by atomic mass is 16.2.